The van der Waals surface area contributed by atoms with Crippen molar-refractivity contribution in [3.63, 3.8) is 0 Å². The van der Waals surface area contributed by atoms with Crippen LogP contribution in [0.2, 0.25) is 0 Å². The number of hydrogen-bond acceptors (Lipinski definition) is 17. The highest BCUT2D eigenvalue weighted by atomic mass is 16.7. The maximum Gasteiger partial charge on any atom is 0.519 e. The monoisotopic (exact) mass is 842 g/mol. The van der Waals surface area contributed by atoms with Gasteiger partial charge in [0.05, 0.1) is 34.6 Å². The summed E-state index contributed by atoms with van der Waals surface area (Å²) in [5.74, 6) is 1.12. The summed E-state index contributed by atoms with van der Waals surface area (Å²) in [6.07, 6.45) is 8.32. The Morgan fingerprint density at radius 1 is 0.597 bits per heavy atom. The molecule has 21 nitrogen and oxygen atoms in total. The fourth-order valence-electron chi connectivity index (χ4n) is 8.05. The molecule has 2 aliphatic carbocycles. The number of Topliss-reactive ketones (excluding diaryl/α,β-unsaturated/α-hetero) is 2. The van der Waals surface area contributed by atoms with Crippen molar-refractivity contribution in [1.29, 1.82) is 0 Å². The van der Waals surface area contributed by atoms with Gasteiger partial charge in [0, 0.05) is 84.6 Å². The van der Waals surface area contributed by atoms with Crippen molar-refractivity contribution in [3.8, 4) is 11.5 Å². The summed E-state index contributed by atoms with van der Waals surface area (Å²) in [6, 6.07) is 11.7. The van der Waals surface area contributed by atoms with Crippen LogP contribution in [0.4, 0.5) is 39.4 Å². The van der Waals surface area contributed by atoms with Crippen LogP contribution in [0.5, 0.6) is 11.5 Å². The second-order valence-corrected chi connectivity index (χ2v) is 15.2. The highest BCUT2D eigenvalue weighted by molar-refractivity contribution is 5.92. The van der Waals surface area contributed by atoms with Gasteiger partial charge in [0.2, 0.25) is 0 Å². The quantitative estimate of drug-likeness (QED) is 0.0265. The molecule has 6 aromatic rings. The lowest BCUT2D eigenvalue weighted by molar-refractivity contribution is -0.385. The molecule has 8 rings (SSSR count). The van der Waals surface area contributed by atoms with Gasteiger partial charge in [0.25, 0.3) is 11.4 Å². The fourth-order valence-corrected chi connectivity index (χ4v) is 8.05. The van der Waals surface area contributed by atoms with E-state index >= 15 is 0 Å². The first kappa shape index (κ1) is 40.8. The largest absolute Gasteiger partial charge is 0.519 e. The molecular formula is C41H38N12O9. The molecule has 2 saturated carbocycles. The lowest BCUT2D eigenvalue weighted by Gasteiger charge is -2.17. The number of benzene rings is 2. The molecule has 0 aliphatic heterocycles. The smallest absolute Gasteiger partial charge is 0.394 e. The third-order valence-corrected chi connectivity index (χ3v) is 11.2. The predicted octanol–water partition coefficient (Wildman–Crippen LogP) is 8.10. The van der Waals surface area contributed by atoms with Crippen molar-refractivity contribution in [3.05, 3.63) is 127 Å². The number of nitrogens with one attached hydrogen (secondary N) is 4. The number of carbonyl (C=O) groups excluding carboxylic acids is 3. The number of ketones is 2. The Morgan fingerprint density at radius 3 is 1.39 bits per heavy atom. The summed E-state index contributed by atoms with van der Waals surface area (Å²) in [7, 11) is 0. The first-order chi connectivity index (χ1) is 29.9. The molecule has 0 saturated heterocycles. The van der Waals surface area contributed by atoms with E-state index in [1.807, 2.05) is 12.1 Å². The van der Waals surface area contributed by atoms with Gasteiger partial charge in [-0.1, -0.05) is 0 Å². The molecule has 4 N–H and O–H groups in total. The summed E-state index contributed by atoms with van der Waals surface area (Å²) in [5.41, 5.74) is 2.73. The van der Waals surface area contributed by atoms with E-state index in [1.54, 1.807) is 0 Å². The predicted molar refractivity (Wildman–Crippen MR) is 219 cm³/mol. The Balaban J connectivity index is 0.946. The molecule has 21 heteroatoms. The van der Waals surface area contributed by atoms with Crippen LogP contribution in [0.1, 0.15) is 120 Å². The Bertz CT molecular complexity index is 2500. The molecule has 2 fully saturated rings. The third kappa shape index (κ3) is 9.10. The topological polar surface area (TPSA) is 289 Å². The first-order valence-corrected chi connectivity index (χ1v) is 19.6. The van der Waals surface area contributed by atoms with Crippen LogP contribution in [-0.2, 0) is 0 Å². The van der Waals surface area contributed by atoms with Crippen molar-refractivity contribution >= 4 is 52.4 Å². The molecule has 4 heterocycles. The molecular weight excluding hydrogens is 805 g/mol. The highest BCUT2D eigenvalue weighted by Crippen LogP contribution is 2.48. The van der Waals surface area contributed by atoms with E-state index in [4.69, 9.17) is 9.47 Å². The zero-order valence-corrected chi connectivity index (χ0v) is 33.2. The maximum absolute atomic E-state index is 13.5. The number of ether oxygens (including phenoxy) is 2. The number of rotatable bonds is 14. The van der Waals surface area contributed by atoms with Crippen LogP contribution >= 0.6 is 0 Å². The van der Waals surface area contributed by atoms with E-state index in [2.05, 4.69) is 51.0 Å². The summed E-state index contributed by atoms with van der Waals surface area (Å²) in [5, 5.41) is 44.6. The normalized spacial score (nSPS) is 18.2. The van der Waals surface area contributed by atoms with Crippen LogP contribution < -0.4 is 20.1 Å². The number of carbonyl (C=O) groups is 3. The molecule has 4 aromatic heterocycles. The second kappa shape index (κ2) is 17.3. The van der Waals surface area contributed by atoms with Crippen LogP contribution in [0.25, 0.3) is 0 Å². The molecule has 2 aliphatic rings. The van der Waals surface area contributed by atoms with Gasteiger partial charge in [-0.2, -0.15) is 10.2 Å². The van der Waals surface area contributed by atoms with Gasteiger partial charge < -0.3 is 20.1 Å². The molecule has 0 spiro atoms. The first-order valence-electron chi connectivity index (χ1n) is 19.6. The number of non-ortho nitro benzene ring substituents is 2. The fraction of sp³-hybridized carbons (Fsp3) is 0.293. The second-order valence-electron chi connectivity index (χ2n) is 15.2. The maximum atomic E-state index is 13.5. The van der Waals surface area contributed by atoms with Crippen LogP contribution in [0.15, 0.2) is 73.3 Å². The number of anilines is 4. The molecule has 0 radical (unpaired) electrons. The number of nitrogens with zero attached hydrogens (tertiary/aromatic N) is 8. The van der Waals surface area contributed by atoms with Crippen molar-refractivity contribution in [2.75, 3.05) is 10.6 Å². The van der Waals surface area contributed by atoms with Gasteiger partial charge in [0.15, 0.2) is 23.2 Å². The van der Waals surface area contributed by atoms with Crippen molar-refractivity contribution in [1.82, 2.24) is 40.3 Å². The van der Waals surface area contributed by atoms with Crippen molar-refractivity contribution < 1.29 is 33.7 Å². The van der Waals surface area contributed by atoms with E-state index in [1.165, 1.54) is 75.0 Å². The summed E-state index contributed by atoms with van der Waals surface area (Å²) >= 11 is 0. The zero-order valence-electron chi connectivity index (χ0n) is 33.2. The van der Waals surface area contributed by atoms with Crippen molar-refractivity contribution in [2.24, 2.45) is 0 Å². The molecule has 62 heavy (non-hydrogen) atoms. The average Bonchev–Trinajstić information content (AvgIpc) is 4.10. The van der Waals surface area contributed by atoms with E-state index in [0.717, 1.165) is 11.4 Å². The number of hydrogen-bond donors (Lipinski definition) is 4. The lowest BCUT2D eigenvalue weighted by Crippen LogP contribution is -2.17. The Kier molecular flexibility index (Phi) is 11.4. The van der Waals surface area contributed by atoms with Gasteiger partial charge in [-0.3, -0.25) is 40.0 Å². The van der Waals surface area contributed by atoms with Gasteiger partial charge in [-0.05, 0) is 62.5 Å². The minimum atomic E-state index is -1.10. The van der Waals surface area contributed by atoms with Crippen molar-refractivity contribution in [2.45, 2.75) is 76.0 Å². The Labute approximate surface area is 351 Å². The Hall–Kier alpha value is -7.97. The lowest BCUT2D eigenvalue weighted by atomic mass is 9.94. The average molecular weight is 843 g/mol. The molecule has 2 aromatic carbocycles. The van der Waals surface area contributed by atoms with E-state index in [9.17, 15) is 34.6 Å². The summed E-state index contributed by atoms with van der Waals surface area (Å²) < 4.78 is 11.5. The van der Waals surface area contributed by atoms with E-state index in [-0.39, 0.29) is 69.5 Å². The molecule has 4 atom stereocenters. The zero-order chi connectivity index (χ0) is 43.5. The SMILES string of the molecule is CC(=O)c1cnc(Nc2cc(C3CCC(c4cc([N+](=O)[O-])ccc4OC(=O)Oc4ccc([N+](=O)[O-])cc4C4CCC(c5cc(Nc6cnc(C(C)=O)cn6)n[nH]5)C4)C3)[nH]n2)cn1. The van der Waals surface area contributed by atoms with E-state index in [0.29, 0.717) is 72.9 Å². The van der Waals surface area contributed by atoms with Crippen LogP contribution in [-0.4, -0.2) is 67.9 Å². The molecule has 316 valence electrons. The molecule has 4 unspecified atom stereocenters. The Morgan fingerprint density at radius 2 is 1.02 bits per heavy atom. The minimum Gasteiger partial charge on any atom is -0.394 e. The third-order valence-electron chi connectivity index (χ3n) is 11.2. The van der Waals surface area contributed by atoms with Crippen LogP contribution in [0, 0.1) is 20.2 Å². The number of nitro groups is 2. The van der Waals surface area contributed by atoms with Gasteiger partial charge in [-0.15, -0.1) is 0 Å². The standard InChI is InChI=1S/C41H38N12O9/c1-21(54)33-17-44-39(19-42-33)46-37-15-31(48-50-37)25-5-3-23(11-25)29-13-27(52(57)58)7-9-35(29)61-41(56)62-36-10-8-28(53(59)60)14-30(36)24-4-6-26(12-24)32-16-38(51-49-32)47-40-20-43-34(18-45-40)22(2)55/h7-10,13-20,23-26H,3-6,11-12H2,1-2H3,(H2,44,46,48,50)(H2,45,47,49,51). The molecule has 0 bridgehead atoms. The van der Waals surface area contributed by atoms with Gasteiger partial charge >= 0.3 is 6.16 Å². The van der Waals surface area contributed by atoms with Gasteiger partial charge in [0.1, 0.15) is 34.5 Å². The number of nitro benzene ring substituents is 2. The van der Waals surface area contributed by atoms with E-state index < -0.39 is 16.0 Å². The number of H-pyrrole nitrogens is 2. The van der Waals surface area contributed by atoms with Gasteiger partial charge in [-0.25, -0.2) is 24.7 Å². The summed E-state index contributed by atoms with van der Waals surface area (Å²) in [4.78, 5) is 75.9. The number of aromatic nitrogens is 8. The highest BCUT2D eigenvalue weighted by Gasteiger charge is 2.34. The van der Waals surface area contributed by atoms with Crippen LogP contribution in [0.3, 0.4) is 0 Å². The number of aromatic amines is 2. The minimum absolute atomic E-state index is 0.00360. The summed E-state index contributed by atoms with van der Waals surface area (Å²) in [6.45, 7) is 2.81. The molecule has 0 amide bonds.